The summed E-state index contributed by atoms with van der Waals surface area (Å²) in [5.74, 6) is -0.484. The molecule has 1 aromatic heterocycles. The van der Waals surface area contributed by atoms with Crippen molar-refractivity contribution >= 4 is 40.6 Å². The van der Waals surface area contributed by atoms with Crippen LogP contribution in [0.4, 0.5) is 14.9 Å². The van der Waals surface area contributed by atoms with Crippen LogP contribution in [0.2, 0.25) is 5.02 Å². The minimum Gasteiger partial charge on any atom is -0.332 e. The molecule has 4 rings (SSSR count). The average molecular weight is 557 g/mol. The second-order valence-electron chi connectivity index (χ2n) is 9.65. The summed E-state index contributed by atoms with van der Waals surface area (Å²) in [5, 5.41) is 3.42. The van der Waals surface area contributed by atoms with Crippen LogP contribution in [-0.2, 0) is 17.9 Å². The van der Waals surface area contributed by atoms with Gasteiger partial charge in [0, 0.05) is 40.1 Å². The highest BCUT2D eigenvalue weighted by molar-refractivity contribution is 7.11. The minimum absolute atomic E-state index is 0.0637. The van der Waals surface area contributed by atoms with Gasteiger partial charge >= 0.3 is 6.03 Å². The first-order valence-electron chi connectivity index (χ1n) is 13.0. The molecule has 202 valence electrons. The number of hydrogen-bond acceptors (Lipinski definition) is 4. The molecule has 1 fully saturated rings. The van der Waals surface area contributed by atoms with E-state index in [1.807, 2.05) is 19.1 Å². The molecule has 6 nitrogen and oxygen atoms in total. The standard InChI is InChI=1S/C29H34ClFN4O2S/c1-22-8-13-27(38-22)20-35(19-23-9-11-25(31)12-10-23)28(36)21-34(17-16-33-14-3-2-4-15-33)29(37)32-26-7-5-6-24(30)18-26/h5-13,18H,2-4,14-17,19-21H2,1H3,(H,32,37). The quantitative estimate of drug-likeness (QED) is 0.314. The van der Waals surface area contributed by atoms with Crippen molar-refractivity contribution in [1.29, 1.82) is 0 Å². The van der Waals surface area contributed by atoms with Crippen molar-refractivity contribution in [2.45, 2.75) is 39.3 Å². The Labute approximate surface area is 233 Å². The molecule has 9 heteroatoms. The maximum absolute atomic E-state index is 13.7. The molecule has 0 saturated carbocycles. The van der Waals surface area contributed by atoms with E-state index in [9.17, 15) is 14.0 Å². The minimum atomic E-state index is -0.341. The largest absolute Gasteiger partial charge is 0.332 e. The number of thiophene rings is 1. The van der Waals surface area contributed by atoms with Gasteiger partial charge in [-0.1, -0.05) is 36.2 Å². The number of benzene rings is 2. The van der Waals surface area contributed by atoms with Crippen LogP contribution in [0.5, 0.6) is 0 Å². The molecule has 0 bridgehead atoms. The highest BCUT2D eigenvalue weighted by Gasteiger charge is 2.24. The number of rotatable bonds is 10. The second-order valence-corrected chi connectivity index (χ2v) is 11.5. The van der Waals surface area contributed by atoms with Crippen molar-refractivity contribution in [2.75, 3.05) is 38.0 Å². The van der Waals surface area contributed by atoms with Crippen molar-refractivity contribution in [2.24, 2.45) is 0 Å². The molecule has 2 aromatic carbocycles. The van der Waals surface area contributed by atoms with Crippen LogP contribution >= 0.6 is 22.9 Å². The van der Waals surface area contributed by atoms with Gasteiger partial charge in [0.25, 0.3) is 0 Å². The van der Waals surface area contributed by atoms with E-state index in [0.29, 0.717) is 36.9 Å². The number of amides is 3. The summed E-state index contributed by atoms with van der Waals surface area (Å²) < 4.78 is 13.5. The Balaban J connectivity index is 1.50. The van der Waals surface area contributed by atoms with E-state index in [1.54, 1.807) is 57.5 Å². The normalized spacial score (nSPS) is 13.8. The molecule has 1 saturated heterocycles. The van der Waals surface area contributed by atoms with Crippen molar-refractivity contribution < 1.29 is 14.0 Å². The Morgan fingerprint density at radius 3 is 2.45 bits per heavy atom. The Kier molecular flexibility index (Phi) is 10.1. The van der Waals surface area contributed by atoms with E-state index < -0.39 is 0 Å². The van der Waals surface area contributed by atoms with Gasteiger partial charge in [0.1, 0.15) is 12.4 Å². The zero-order valence-corrected chi connectivity index (χ0v) is 23.2. The molecular formula is C29H34ClFN4O2S. The van der Waals surface area contributed by atoms with Crippen LogP contribution in [0, 0.1) is 12.7 Å². The molecule has 1 N–H and O–H groups in total. The summed E-state index contributed by atoms with van der Waals surface area (Å²) in [6.07, 6.45) is 3.53. The number of carbonyl (C=O) groups excluding carboxylic acids is 2. The number of carbonyl (C=O) groups is 2. The van der Waals surface area contributed by atoms with Crippen LogP contribution < -0.4 is 5.32 Å². The topological polar surface area (TPSA) is 55.9 Å². The predicted molar refractivity (Wildman–Crippen MR) is 152 cm³/mol. The lowest BCUT2D eigenvalue weighted by Crippen LogP contribution is -2.47. The van der Waals surface area contributed by atoms with Gasteiger partial charge in [-0.05, 0) is 80.9 Å². The number of piperidine rings is 1. The summed E-state index contributed by atoms with van der Waals surface area (Å²) >= 11 is 7.75. The SMILES string of the molecule is Cc1ccc(CN(Cc2ccc(F)cc2)C(=O)CN(CCN2CCCCC2)C(=O)Nc2cccc(Cl)c2)s1. The third-order valence-corrected chi connectivity index (χ3v) is 7.83. The van der Waals surface area contributed by atoms with Crippen LogP contribution in [0.1, 0.15) is 34.6 Å². The fourth-order valence-corrected chi connectivity index (χ4v) is 5.63. The fourth-order valence-electron chi connectivity index (χ4n) is 4.53. The number of nitrogens with one attached hydrogen (secondary N) is 1. The maximum Gasteiger partial charge on any atom is 0.322 e. The third kappa shape index (κ3) is 8.55. The summed E-state index contributed by atoms with van der Waals surface area (Å²) in [6, 6.07) is 16.9. The highest BCUT2D eigenvalue weighted by atomic mass is 35.5. The number of anilines is 1. The zero-order chi connectivity index (χ0) is 26.9. The smallest absolute Gasteiger partial charge is 0.322 e. The summed E-state index contributed by atoms with van der Waals surface area (Å²) in [6.45, 7) is 5.86. The Bertz CT molecular complexity index is 1210. The van der Waals surface area contributed by atoms with E-state index in [2.05, 4.69) is 10.2 Å². The van der Waals surface area contributed by atoms with E-state index in [-0.39, 0.29) is 24.3 Å². The van der Waals surface area contributed by atoms with Crippen molar-refractivity contribution in [3.8, 4) is 0 Å². The van der Waals surface area contributed by atoms with Crippen LogP contribution in [0.3, 0.4) is 0 Å². The van der Waals surface area contributed by atoms with E-state index in [0.717, 1.165) is 36.4 Å². The molecule has 2 heterocycles. The lowest BCUT2D eigenvalue weighted by molar-refractivity contribution is -0.133. The number of likely N-dealkylation sites (tertiary alicyclic amines) is 1. The Hall–Kier alpha value is -2.94. The Morgan fingerprint density at radius 2 is 1.76 bits per heavy atom. The summed E-state index contributed by atoms with van der Waals surface area (Å²) in [7, 11) is 0. The van der Waals surface area contributed by atoms with E-state index in [4.69, 9.17) is 11.6 Å². The number of aryl methyl sites for hydroxylation is 1. The van der Waals surface area contributed by atoms with Gasteiger partial charge < -0.3 is 20.0 Å². The molecule has 0 unspecified atom stereocenters. The first-order valence-corrected chi connectivity index (χ1v) is 14.2. The lowest BCUT2D eigenvalue weighted by atomic mass is 10.1. The molecule has 3 aromatic rings. The molecule has 1 aliphatic rings. The van der Waals surface area contributed by atoms with Crippen LogP contribution in [0.25, 0.3) is 0 Å². The van der Waals surface area contributed by atoms with Gasteiger partial charge in [-0.3, -0.25) is 4.79 Å². The van der Waals surface area contributed by atoms with Gasteiger partial charge in [-0.15, -0.1) is 11.3 Å². The number of urea groups is 1. The van der Waals surface area contributed by atoms with Crippen molar-refractivity contribution in [1.82, 2.24) is 14.7 Å². The van der Waals surface area contributed by atoms with Gasteiger partial charge in [-0.25, -0.2) is 9.18 Å². The predicted octanol–water partition coefficient (Wildman–Crippen LogP) is 6.40. The van der Waals surface area contributed by atoms with E-state index in [1.165, 1.54) is 23.4 Å². The monoisotopic (exact) mass is 556 g/mol. The van der Waals surface area contributed by atoms with Gasteiger partial charge in [0.05, 0.1) is 6.54 Å². The van der Waals surface area contributed by atoms with Crippen molar-refractivity contribution in [3.63, 3.8) is 0 Å². The molecular weight excluding hydrogens is 523 g/mol. The first-order chi connectivity index (χ1) is 18.4. The number of nitrogens with zero attached hydrogens (tertiary/aromatic N) is 3. The molecule has 0 aliphatic carbocycles. The zero-order valence-electron chi connectivity index (χ0n) is 21.7. The second kappa shape index (κ2) is 13.7. The summed E-state index contributed by atoms with van der Waals surface area (Å²) in [5.41, 5.74) is 1.41. The lowest BCUT2D eigenvalue weighted by Gasteiger charge is -2.31. The first kappa shape index (κ1) is 28.1. The summed E-state index contributed by atoms with van der Waals surface area (Å²) in [4.78, 5) is 34.9. The fraction of sp³-hybridized carbons (Fsp3) is 0.379. The van der Waals surface area contributed by atoms with Crippen LogP contribution in [0.15, 0.2) is 60.7 Å². The van der Waals surface area contributed by atoms with Gasteiger partial charge in [-0.2, -0.15) is 0 Å². The highest BCUT2D eigenvalue weighted by Crippen LogP contribution is 2.20. The van der Waals surface area contributed by atoms with Crippen molar-refractivity contribution in [3.05, 3.63) is 86.8 Å². The van der Waals surface area contributed by atoms with Gasteiger partial charge in [0.2, 0.25) is 5.91 Å². The third-order valence-electron chi connectivity index (χ3n) is 6.61. The number of hydrogen-bond donors (Lipinski definition) is 1. The van der Waals surface area contributed by atoms with Crippen LogP contribution in [-0.4, -0.2) is 59.4 Å². The van der Waals surface area contributed by atoms with Gasteiger partial charge in [0.15, 0.2) is 0 Å². The average Bonchev–Trinajstić information content (AvgIpc) is 3.32. The number of halogens is 2. The Morgan fingerprint density at radius 1 is 1.00 bits per heavy atom. The molecule has 38 heavy (non-hydrogen) atoms. The molecule has 0 radical (unpaired) electrons. The molecule has 3 amide bonds. The maximum atomic E-state index is 13.7. The molecule has 1 aliphatic heterocycles. The molecule has 0 spiro atoms. The van der Waals surface area contributed by atoms with E-state index >= 15 is 0 Å². The molecule has 0 atom stereocenters.